The van der Waals surface area contributed by atoms with E-state index in [9.17, 15) is 8.42 Å². The minimum absolute atomic E-state index is 0.181. The van der Waals surface area contributed by atoms with Crippen molar-refractivity contribution in [3.63, 3.8) is 0 Å². The number of rotatable bonds is 5. The molecule has 6 nitrogen and oxygen atoms in total. The lowest BCUT2D eigenvalue weighted by Gasteiger charge is -2.27. The first kappa shape index (κ1) is 17.5. The van der Waals surface area contributed by atoms with Gasteiger partial charge in [-0.2, -0.15) is 0 Å². The molecule has 2 fully saturated rings. The highest BCUT2D eigenvalue weighted by Gasteiger charge is 2.29. The number of likely N-dealkylation sites (tertiary alicyclic amines) is 1. The molecular formula is C17H27N3O3S. The SMILES string of the molecule is CN(C)c1ncccc1O[C@@H]1CCN(CC2CCS(=O)(=O)CC2)C1. The summed E-state index contributed by atoms with van der Waals surface area (Å²) in [5.41, 5.74) is 0. The Kier molecular flexibility index (Phi) is 5.30. The van der Waals surface area contributed by atoms with Crippen LogP contribution in [0.25, 0.3) is 0 Å². The highest BCUT2D eigenvalue weighted by atomic mass is 32.2. The molecule has 0 amide bonds. The Morgan fingerprint density at radius 1 is 1.29 bits per heavy atom. The number of ether oxygens (including phenoxy) is 1. The first-order valence-corrected chi connectivity index (χ1v) is 10.5. The quantitative estimate of drug-likeness (QED) is 0.798. The largest absolute Gasteiger partial charge is 0.485 e. The van der Waals surface area contributed by atoms with Crippen molar-refractivity contribution in [1.29, 1.82) is 0 Å². The summed E-state index contributed by atoms with van der Waals surface area (Å²) in [4.78, 5) is 8.76. The number of hydrogen-bond donors (Lipinski definition) is 0. The predicted molar refractivity (Wildman–Crippen MR) is 95.4 cm³/mol. The van der Waals surface area contributed by atoms with Crippen LogP contribution in [0.2, 0.25) is 0 Å². The van der Waals surface area contributed by atoms with E-state index >= 15 is 0 Å². The minimum atomic E-state index is -2.77. The average molecular weight is 353 g/mol. The molecule has 0 unspecified atom stereocenters. The number of anilines is 1. The molecule has 0 saturated carbocycles. The van der Waals surface area contributed by atoms with E-state index in [1.54, 1.807) is 6.20 Å². The number of sulfone groups is 1. The summed E-state index contributed by atoms with van der Waals surface area (Å²) >= 11 is 0. The van der Waals surface area contributed by atoms with Crippen molar-refractivity contribution < 1.29 is 13.2 Å². The lowest BCUT2D eigenvalue weighted by molar-refractivity contribution is 0.189. The van der Waals surface area contributed by atoms with Crippen LogP contribution in [0.4, 0.5) is 5.82 Å². The van der Waals surface area contributed by atoms with Crippen LogP contribution in [0.5, 0.6) is 5.75 Å². The summed E-state index contributed by atoms with van der Waals surface area (Å²) in [6, 6.07) is 3.87. The first-order valence-electron chi connectivity index (χ1n) is 8.65. The van der Waals surface area contributed by atoms with Gasteiger partial charge < -0.3 is 9.64 Å². The Labute approximate surface area is 144 Å². The second kappa shape index (κ2) is 7.27. The van der Waals surface area contributed by atoms with E-state index < -0.39 is 9.84 Å². The van der Waals surface area contributed by atoms with Gasteiger partial charge in [-0.3, -0.25) is 4.90 Å². The number of pyridine rings is 1. The lowest BCUT2D eigenvalue weighted by Crippen LogP contribution is -2.34. The maximum Gasteiger partial charge on any atom is 0.170 e. The second-order valence-electron chi connectivity index (χ2n) is 7.10. The molecule has 3 rings (SSSR count). The zero-order valence-electron chi connectivity index (χ0n) is 14.5. The summed E-state index contributed by atoms with van der Waals surface area (Å²) in [5, 5.41) is 0. The van der Waals surface area contributed by atoms with Crippen LogP contribution in [-0.4, -0.2) is 69.6 Å². The van der Waals surface area contributed by atoms with Crippen LogP contribution in [0.15, 0.2) is 18.3 Å². The van der Waals surface area contributed by atoms with E-state index in [2.05, 4.69) is 9.88 Å². The highest BCUT2D eigenvalue weighted by Crippen LogP contribution is 2.27. The molecule has 0 aliphatic carbocycles. The van der Waals surface area contributed by atoms with Crippen molar-refractivity contribution >= 4 is 15.7 Å². The van der Waals surface area contributed by atoms with Crippen LogP contribution in [0.1, 0.15) is 19.3 Å². The molecule has 3 heterocycles. The third kappa shape index (κ3) is 4.39. The number of nitrogens with zero attached hydrogens (tertiary/aromatic N) is 3. The maximum atomic E-state index is 11.5. The Bertz CT molecular complexity index is 649. The fourth-order valence-corrected chi connectivity index (χ4v) is 5.12. The van der Waals surface area contributed by atoms with Crippen LogP contribution < -0.4 is 9.64 Å². The summed E-state index contributed by atoms with van der Waals surface area (Å²) in [6.45, 7) is 2.92. The maximum absolute atomic E-state index is 11.5. The van der Waals surface area contributed by atoms with Crippen molar-refractivity contribution in [2.45, 2.75) is 25.4 Å². The lowest BCUT2D eigenvalue weighted by atomic mass is 10.0. The average Bonchev–Trinajstić information content (AvgIpc) is 2.97. The molecule has 1 atom stereocenters. The van der Waals surface area contributed by atoms with E-state index in [-0.39, 0.29) is 6.10 Å². The molecular weight excluding hydrogens is 326 g/mol. The second-order valence-corrected chi connectivity index (χ2v) is 9.41. The fourth-order valence-electron chi connectivity index (χ4n) is 3.54. The normalized spacial score (nSPS) is 24.8. The molecule has 0 radical (unpaired) electrons. The van der Waals surface area contributed by atoms with Gasteiger partial charge in [-0.1, -0.05) is 0 Å². The van der Waals surface area contributed by atoms with E-state index in [0.717, 1.165) is 50.5 Å². The van der Waals surface area contributed by atoms with Gasteiger partial charge in [-0.05, 0) is 37.3 Å². The number of hydrogen-bond acceptors (Lipinski definition) is 6. The molecule has 1 aromatic heterocycles. The van der Waals surface area contributed by atoms with E-state index in [1.165, 1.54) is 0 Å². The summed E-state index contributed by atoms with van der Waals surface area (Å²) in [7, 11) is 1.16. The van der Waals surface area contributed by atoms with E-state index in [0.29, 0.717) is 17.4 Å². The Morgan fingerprint density at radius 3 is 2.75 bits per heavy atom. The molecule has 134 valence electrons. The summed E-state index contributed by atoms with van der Waals surface area (Å²) in [6.07, 6.45) is 4.57. The van der Waals surface area contributed by atoms with Crippen LogP contribution in [-0.2, 0) is 9.84 Å². The van der Waals surface area contributed by atoms with Crippen molar-refractivity contribution in [2.24, 2.45) is 5.92 Å². The van der Waals surface area contributed by atoms with Gasteiger partial charge in [0.1, 0.15) is 15.9 Å². The molecule has 0 N–H and O–H groups in total. The van der Waals surface area contributed by atoms with Crippen LogP contribution in [0.3, 0.4) is 0 Å². The zero-order valence-corrected chi connectivity index (χ0v) is 15.3. The molecule has 1 aromatic rings. The minimum Gasteiger partial charge on any atom is -0.485 e. The van der Waals surface area contributed by atoms with Gasteiger partial charge in [0.2, 0.25) is 0 Å². The van der Waals surface area contributed by atoms with Crippen molar-refractivity contribution in [3.05, 3.63) is 18.3 Å². The Balaban J connectivity index is 1.51. The monoisotopic (exact) mass is 353 g/mol. The van der Waals surface area contributed by atoms with Gasteiger partial charge >= 0.3 is 0 Å². The van der Waals surface area contributed by atoms with Crippen LogP contribution in [0, 0.1) is 5.92 Å². The molecule has 2 saturated heterocycles. The molecule has 7 heteroatoms. The van der Waals surface area contributed by atoms with Crippen molar-refractivity contribution in [3.8, 4) is 5.75 Å². The molecule has 2 aliphatic rings. The Hall–Kier alpha value is -1.34. The van der Waals surface area contributed by atoms with Gasteiger partial charge in [0.15, 0.2) is 11.6 Å². The third-order valence-corrected chi connectivity index (χ3v) is 6.60. The van der Waals surface area contributed by atoms with Crippen molar-refractivity contribution in [2.75, 3.05) is 50.1 Å². The first-order chi connectivity index (χ1) is 11.4. The van der Waals surface area contributed by atoms with E-state index in [4.69, 9.17) is 4.74 Å². The standard InChI is InChI=1S/C17H27N3O3S/c1-19(2)17-16(4-3-8-18-17)23-15-5-9-20(13-15)12-14-6-10-24(21,22)11-7-14/h3-4,8,14-15H,5-7,9-13H2,1-2H3/t15-/m1/s1. The smallest absolute Gasteiger partial charge is 0.170 e. The molecule has 0 aromatic carbocycles. The highest BCUT2D eigenvalue weighted by molar-refractivity contribution is 7.91. The van der Waals surface area contributed by atoms with Gasteiger partial charge in [0.05, 0.1) is 11.5 Å². The molecule has 0 bridgehead atoms. The third-order valence-electron chi connectivity index (χ3n) is 4.89. The van der Waals surface area contributed by atoms with Gasteiger partial charge in [-0.25, -0.2) is 13.4 Å². The topological polar surface area (TPSA) is 62.7 Å². The number of aromatic nitrogens is 1. The fraction of sp³-hybridized carbons (Fsp3) is 0.706. The molecule has 0 spiro atoms. The summed E-state index contributed by atoms with van der Waals surface area (Å²) < 4.78 is 29.2. The van der Waals surface area contributed by atoms with Gasteiger partial charge in [-0.15, -0.1) is 0 Å². The van der Waals surface area contributed by atoms with Crippen LogP contribution >= 0.6 is 0 Å². The van der Waals surface area contributed by atoms with Gasteiger partial charge in [0.25, 0.3) is 0 Å². The van der Waals surface area contributed by atoms with E-state index in [1.807, 2.05) is 31.1 Å². The summed E-state index contributed by atoms with van der Waals surface area (Å²) in [5.74, 6) is 2.90. The predicted octanol–water partition coefficient (Wildman–Crippen LogP) is 1.43. The van der Waals surface area contributed by atoms with Crippen molar-refractivity contribution in [1.82, 2.24) is 9.88 Å². The Morgan fingerprint density at radius 2 is 2.04 bits per heavy atom. The molecule has 2 aliphatic heterocycles. The molecule has 24 heavy (non-hydrogen) atoms. The van der Waals surface area contributed by atoms with Gasteiger partial charge in [0, 0.05) is 39.9 Å². The zero-order chi connectivity index (χ0) is 17.2.